The predicted molar refractivity (Wildman–Crippen MR) is 55.8 cm³/mol. The SMILES string of the molecule is [B]C1=CC(=O)N(Cc2ccccc2)C1=O. The molecule has 15 heavy (non-hydrogen) atoms. The number of carbonyl (C=O) groups is 2. The minimum absolute atomic E-state index is 0.0101. The second-order valence-corrected chi connectivity index (χ2v) is 3.31. The summed E-state index contributed by atoms with van der Waals surface area (Å²) in [5, 5.41) is 0. The molecule has 2 amide bonds. The van der Waals surface area contributed by atoms with Gasteiger partial charge in [-0.1, -0.05) is 30.3 Å². The molecule has 1 heterocycles. The van der Waals surface area contributed by atoms with Gasteiger partial charge in [0.15, 0.2) is 0 Å². The molecule has 0 fully saturated rings. The zero-order chi connectivity index (χ0) is 10.8. The maximum absolute atomic E-state index is 11.4. The van der Waals surface area contributed by atoms with E-state index in [0.717, 1.165) is 16.5 Å². The number of hydrogen-bond donors (Lipinski definition) is 0. The van der Waals surface area contributed by atoms with Gasteiger partial charge in [0.25, 0.3) is 5.91 Å². The average molecular weight is 197 g/mol. The molecule has 2 rings (SSSR count). The number of carbonyl (C=O) groups excluding carboxylic acids is 2. The number of rotatable bonds is 2. The average Bonchev–Trinajstić information content (AvgIpc) is 2.47. The Bertz CT molecular complexity index is 439. The molecule has 1 aliphatic rings. The fraction of sp³-hybridized carbons (Fsp3) is 0.0909. The third-order valence-electron chi connectivity index (χ3n) is 2.22. The molecule has 72 valence electrons. The molecule has 3 nitrogen and oxygen atoms in total. The van der Waals surface area contributed by atoms with Crippen molar-refractivity contribution in [1.29, 1.82) is 0 Å². The summed E-state index contributed by atoms with van der Waals surface area (Å²) < 4.78 is 0. The molecule has 0 saturated carbocycles. The van der Waals surface area contributed by atoms with Gasteiger partial charge in [-0.3, -0.25) is 14.5 Å². The molecule has 0 aliphatic carbocycles. The molecule has 4 heteroatoms. The van der Waals surface area contributed by atoms with Gasteiger partial charge < -0.3 is 0 Å². The van der Waals surface area contributed by atoms with Crippen LogP contribution in [0.15, 0.2) is 41.9 Å². The van der Waals surface area contributed by atoms with Gasteiger partial charge in [-0.15, -0.1) is 0 Å². The number of imide groups is 1. The lowest BCUT2D eigenvalue weighted by Crippen LogP contribution is -2.30. The van der Waals surface area contributed by atoms with E-state index in [2.05, 4.69) is 0 Å². The topological polar surface area (TPSA) is 37.4 Å². The summed E-state index contributed by atoms with van der Waals surface area (Å²) in [6.45, 7) is 0.274. The second kappa shape index (κ2) is 3.73. The normalized spacial score (nSPS) is 15.7. The highest BCUT2D eigenvalue weighted by atomic mass is 16.2. The van der Waals surface area contributed by atoms with Gasteiger partial charge in [0.05, 0.1) is 6.54 Å². The fourth-order valence-electron chi connectivity index (χ4n) is 1.44. The van der Waals surface area contributed by atoms with E-state index in [1.165, 1.54) is 0 Å². The van der Waals surface area contributed by atoms with Crippen molar-refractivity contribution in [2.75, 3.05) is 0 Å². The van der Waals surface area contributed by atoms with E-state index in [4.69, 9.17) is 7.85 Å². The Morgan fingerprint density at radius 1 is 1.13 bits per heavy atom. The van der Waals surface area contributed by atoms with E-state index in [1.807, 2.05) is 30.3 Å². The van der Waals surface area contributed by atoms with Gasteiger partial charge in [0.2, 0.25) is 5.91 Å². The lowest BCUT2D eigenvalue weighted by molar-refractivity contribution is -0.137. The third-order valence-corrected chi connectivity index (χ3v) is 2.22. The zero-order valence-corrected chi connectivity index (χ0v) is 8.01. The summed E-state index contributed by atoms with van der Waals surface area (Å²) in [6.07, 6.45) is 1.16. The van der Waals surface area contributed by atoms with Crippen molar-refractivity contribution in [2.45, 2.75) is 6.54 Å². The van der Waals surface area contributed by atoms with Crippen molar-refractivity contribution < 1.29 is 9.59 Å². The molecule has 0 saturated heterocycles. The van der Waals surface area contributed by atoms with Crippen LogP contribution in [0.1, 0.15) is 5.56 Å². The number of nitrogens with zero attached hydrogens (tertiary/aromatic N) is 1. The second-order valence-electron chi connectivity index (χ2n) is 3.31. The molecule has 1 aromatic rings. The van der Waals surface area contributed by atoms with Crippen molar-refractivity contribution >= 4 is 19.7 Å². The van der Waals surface area contributed by atoms with Gasteiger partial charge in [-0.2, -0.15) is 0 Å². The van der Waals surface area contributed by atoms with Crippen LogP contribution < -0.4 is 0 Å². The van der Waals surface area contributed by atoms with Crippen LogP contribution in [0.2, 0.25) is 0 Å². The molecule has 0 atom stereocenters. The summed E-state index contributed by atoms with van der Waals surface area (Å²) in [6, 6.07) is 9.31. The van der Waals surface area contributed by atoms with Crippen LogP contribution in [0.4, 0.5) is 0 Å². The highest BCUT2D eigenvalue weighted by molar-refractivity contribution is 6.42. The van der Waals surface area contributed by atoms with Crippen LogP contribution in [0.3, 0.4) is 0 Å². The highest BCUT2D eigenvalue weighted by Gasteiger charge is 2.27. The van der Waals surface area contributed by atoms with Gasteiger partial charge in [-0.25, -0.2) is 0 Å². The van der Waals surface area contributed by atoms with Gasteiger partial charge in [0, 0.05) is 6.08 Å². The Kier molecular flexibility index (Phi) is 2.41. The van der Waals surface area contributed by atoms with Crippen molar-refractivity contribution in [3.63, 3.8) is 0 Å². The molecule has 0 N–H and O–H groups in total. The summed E-state index contributed by atoms with van der Waals surface area (Å²) in [7, 11) is 5.36. The number of benzene rings is 1. The lowest BCUT2D eigenvalue weighted by Gasteiger charge is -2.14. The first-order valence-electron chi connectivity index (χ1n) is 4.55. The number of hydrogen-bond acceptors (Lipinski definition) is 2. The van der Waals surface area contributed by atoms with Crippen LogP contribution in [-0.2, 0) is 16.1 Å². The Hall–Kier alpha value is -1.84. The molecule has 0 aromatic heterocycles. The minimum Gasteiger partial charge on any atom is -0.271 e. The quantitative estimate of drug-likeness (QED) is 0.514. The monoisotopic (exact) mass is 197 g/mol. The largest absolute Gasteiger partial charge is 0.271 e. The zero-order valence-electron chi connectivity index (χ0n) is 8.01. The van der Waals surface area contributed by atoms with Crippen LogP contribution in [0.25, 0.3) is 0 Å². The molecule has 1 aromatic carbocycles. The van der Waals surface area contributed by atoms with Crippen LogP contribution >= 0.6 is 0 Å². The summed E-state index contributed by atoms with van der Waals surface area (Å²) in [5.41, 5.74) is 0.915. The molecule has 1 aliphatic heterocycles. The van der Waals surface area contributed by atoms with Gasteiger partial charge in [-0.05, 0) is 11.0 Å². The fourth-order valence-corrected chi connectivity index (χ4v) is 1.44. The molecule has 0 bridgehead atoms. The Morgan fingerprint density at radius 3 is 2.33 bits per heavy atom. The van der Waals surface area contributed by atoms with Crippen molar-refractivity contribution in [3.05, 3.63) is 47.4 Å². The first-order valence-corrected chi connectivity index (χ1v) is 4.55. The van der Waals surface area contributed by atoms with Gasteiger partial charge >= 0.3 is 0 Å². The van der Waals surface area contributed by atoms with E-state index < -0.39 is 5.91 Å². The van der Waals surface area contributed by atoms with Gasteiger partial charge in [0.1, 0.15) is 7.85 Å². The Balaban J connectivity index is 2.15. The van der Waals surface area contributed by atoms with Crippen LogP contribution in [-0.4, -0.2) is 24.6 Å². The highest BCUT2D eigenvalue weighted by Crippen LogP contribution is 2.13. The first kappa shape index (κ1) is 9.71. The van der Waals surface area contributed by atoms with E-state index in [1.54, 1.807) is 0 Å². The maximum atomic E-state index is 11.4. The smallest absolute Gasteiger partial charge is 0.253 e. The van der Waals surface area contributed by atoms with Crippen molar-refractivity contribution in [3.8, 4) is 0 Å². The standard InChI is InChI=1S/C11H8BNO2/c12-9-6-10(14)13(11(9)15)7-8-4-2-1-3-5-8/h1-6H,7H2. The molecular formula is C11H8BNO2. The third kappa shape index (κ3) is 1.84. The Labute approximate surface area is 88.8 Å². The maximum Gasteiger partial charge on any atom is 0.253 e. The van der Waals surface area contributed by atoms with E-state index in [0.29, 0.717) is 0 Å². The first-order chi connectivity index (χ1) is 7.18. The van der Waals surface area contributed by atoms with E-state index >= 15 is 0 Å². The van der Waals surface area contributed by atoms with E-state index in [9.17, 15) is 9.59 Å². The van der Waals surface area contributed by atoms with Crippen molar-refractivity contribution in [2.24, 2.45) is 0 Å². The summed E-state index contributed by atoms with van der Waals surface area (Å²) >= 11 is 0. The summed E-state index contributed by atoms with van der Waals surface area (Å²) in [4.78, 5) is 23.9. The summed E-state index contributed by atoms with van der Waals surface area (Å²) in [5.74, 6) is -0.759. The Morgan fingerprint density at radius 2 is 1.80 bits per heavy atom. The minimum atomic E-state index is -0.413. The lowest BCUT2D eigenvalue weighted by atomic mass is 9.96. The molecule has 2 radical (unpaired) electrons. The molecule has 0 unspecified atom stereocenters. The van der Waals surface area contributed by atoms with Crippen LogP contribution in [0, 0.1) is 0 Å². The predicted octanol–water partition coefficient (Wildman–Crippen LogP) is 0.608. The molecule has 0 spiro atoms. The van der Waals surface area contributed by atoms with Crippen LogP contribution in [0.5, 0.6) is 0 Å². The molecular weight excluding hydrogens is 189 g/mol. The van der Waals surface area contributed by atoms with Crippen molar-refractivity contribution in [1.82, 2.24) is 4.90 Å². The number of amides is 2. The van der Waals surface area contributed by atoms with E-state index in [-0.39, 0.29) is 17.9 Å².